The lowest BCUT2D eigenvalue weighted by Gasteiger charge is -2.16. The summed E-state index contributed by atoms with van der Waals surface area (Å²) in [6.45, 7) is 1.96. The number of benzene rings is 1. The first-order valence-electron chi connectivity index (χ1n) is 8.82. The van der Waals surface area contributed by atoms with E-state index in [0.29, 0.717) is 23.7 Å². The summed E-state index contributed by atoms with van der Waals surface area (Å²) in [6, 6.07) is 6.29. The molecule has 0 N–H and O–H groups in total. The molecule has 0 fully saturated rings. The number of pyridine rings is 1. The Bertz CT molecular complexity index is 1090. The van der Waals surface area contributed by atoms with Crippen LogP contribution in [0.4, 0.5) is 17.6 Å². The van der Waals surface area contributed by atoms with Crippen molar-refractivity contribution < 1.29 is 17.6 Å². The molecule has 0 radical (unpaired) electrons. The highest BCUT2D eigenvalue weighted by molar-refractivity contribution is 9.10. The summed E-state index contributed by atoms with van der Waals surface area (Å²) in [5, 5.41) is 8.07. The van der Waals surface area contributed by atoms with E-state index in [-0.39, 0.29) is 16.0 Å². The Morgan fingerprint density at radius 3 is 2.62 bits per heavy atom. The second-order valence-electron chi connectivity index (χ2n) is 6.51. The topological polar surface area (TPSA) is 56.0 Å². The van der Waals surface area contributed by atoms with Crippen LogP contribution in [0.25, 0.3) is 5.69 Å². The normalized spacial score (nSPS) is 16.1. The van der Waals surface area contributed by atoms with Gasteiger partial charge in [-0.15, -0.1) is 10.2 Å². The number of hydrogen-bond donors (Lipinski definition) is 0. The van der Waals surface area contributed by atoms with Crippen LogP contribution in [-0.4, -0.2) is 25.5 Å². The average Bonchev–Trinajstić information content (AvgIpc) is 2.99. The highest BCUT2D eigenvalue weighted by Gasteiger charge is 2.37. The molecule has 5 nitrogen and oxygen atoms in total. The van der Waals surface area contributed by atoms with Crippen molar-refractivity contribution in [3.63, 3.8) is 0 Å². The van der Waals surface area contributed by atoms with E-state index < -0.39 is 23.6 Å². The molecule has 0 bridgehead atoms. The van der Waals surface area contributed by atoms with E-state index in [1.165, 1.54) is 4.57 Å². The third-order valence-corrected chi connectivity index (χ3v) is 5.10. The van der Waals surface area contributed by atoms with E-state index in [0.717, 1.165) is 18.6 Å². The van der Waals surface area contributed by atoms with E-state index >= 15 is 0 Å². The Morgan fingerprint density at radius 2 is 1.97 bits per heavy atom. The van der Waals surface area contributed by atoms with E-state index in [2.05, 4.69) is 31.1 Å². The fraction of sp³-hybridized carbons (Fsp3) is 0.263. The summed E-state index contributed by atoms with van der Waals surface area (Å²) in [4.78, 5) is 9.00. The number of aromatic nitrogens is 4. The zero-order chi connectivity index (χ0) is 20.8. The maximum absolute atomic E-state index is 14.5. The molecule has 0 amide bonds. The molecule has 1 unspecified atom stereocenters. The molecule has 0 saturated heterocycles. The van der Waals surface area contributed by atoms with Crippen LogP contribution in [0.3, 0.4) is 0 Å². The van der Waals surface area contributed by atoms with Gasteiger partial charge in [-0.3, -0.25) is 14.5 Å². The maximum atomic E-state index is 14.5. The van der Waals surface area contributed by atoms with Crippen molar-refractivity contribution in [2.45, 2.75) is 32.0 Å². The van der Waals surface area contributed by atoms with Gasteiger partial charge in [-0.1, -0.05) is 19.4 Å². The quantitative estimate of drug-likeness (QED) is 0.492. The molecule has 0 saturated carbocycles. The summed E-state index contributed by atoms with van der Waals surface area (Å²) in [5.74, 6) is -0.995. The monoisotopic (exact) mass is 467 g/mol. The zero-order valence-electron chi connectivity index (χ0n) is 15.1. The summed E-state index contributed by atoms with van der Waals surface area (Å²) in [6.07, 6.45) is -1.96. The predicted molar refractivity (Wildman–Crippen MR) is 102 cm³/mol. The van der Waals surface area contributed by atoms with Crippen LogP contribution in [-0.2, 0) is 6.18 Å². The highest BCUT2D eigenvalue weighted by Crippen LogP contribution is 2.39. The largest absolute Gasteiger partial charge is 0.419 e. The number of rotatable bonds is 3. The van der Waals surface area contributed by atoms with Crippen LogP contribution in [0.1, 0.15) is 48.5 Å². The first kappa shape index (κ1) is 19.7. The summed E-state index contributed by atoms with van der Waals surface area (Å²) in [5.41, 5.74) is -0.340. The van der Waals surface area contributed by atoms with Gasteiger partial charge >= 0.3 is 6.18 Å². The molecule has 3 aromatic rings. The molecule has 1 aliphatic heterocycles. The van der Waals surface area contributed by atoms with Crippen LogP contribution in [0.5, 0.6) is 0 Å². The van der Waals surface area contributed by atoms with Crippen molar-refractivity contribution in [2.75, 3.05) is 0 Å². The molecule has 4 rings (SSSR count). The van der Waals surface area contributed by atoms with Gasteiger partial charge in [0.05, 0.1) is 22.7 Å². The Balaban J connectivity index is 2.07. The van der Waals surface area contributed by atoms with Gasteiger partial charge < -0.3 is 0 Å². The molecular weight excluding hydrogens is 454 g/mol. The number of aliphatic imine (C=N–C) groups is 1. The Kier molecular flexibility index (Phi) is 4.97. The molecule has 0 spiro atoms. The number of nitrogens with zero attached hydrogens (tertiary/aromatic N) is 5. The van der Waals surface area contributed by atoms with Gasteiger partial charge in [0, 0.05) is 11.8 Å². The summed E-state index contributed by atoms with van der Waals surface area (Å²) >= 11 is 3.25. The minimum Gasteiger partial charge on any atom is -0.271 e. The van der Waals surface area contributed by atoms with Gasteiger partial charge in [0.25, 0.3) is 0 Å². The Morgan fingerprint density at radius 1 is 1.17 bits per heavy atom. The van der Waals surface area contributed by atoms with Crippen molar-refractivity contribution in [3.05, 3.63) is 69.7 Å². The Labute approximate surface area is 171 Å². The van der Waals surface area contributed by atoms with E-state index in [1.54, 1.807) is 24.4 Å². The third kappa shape index (κ3) is 3.45. The van der Waals surface area contributed by atoms with Gasteiger partial charge in [0.15, 0.2) is 5.82 Å². The average molecular weight is 468 g/mol. The lowest BCUT2D eigenvalue weighted by molar-refractivity contribution is -0.140. The molecule has 3 heterocycles. The van der Waals surface area contributed by atoms with Gasteiger partial charge in [0.1, 0.15) is 11.9 Å². The lowest BCUT2D eigenvalue weighted by atomic mass is 10.0. The van der Waals surface area contributed by atoms with E-state index in [4.69, 9.17) is 4.99 Å². The first-order chi connectivity index (χ1) is 13.8. The van der Waals surface area contributed by atoms with E-state index in [9.17, 15) is 17.6 Å². The van der Waals surface area contributed by atoms with Crippen molar-refractivity contribution in [1.29, 1.82) is 0 Å². The number of fused-ring (bicyclic) bond motifs is 3. The van der Waals surface area contributed by atoms with Crippen LogP contribution >= 0.6 is 15.9 Å². The van der Waals surface area contributed by atoms with Crippen LogP contribution < -0.4 is 0 Å². The van der Waals surface area contributed by atoms with Gasteiger partial charge in [-0.2, -0.15) is 13.2 Å². The van der Waals surface area contributed by atoms with Crippen molar-refractivity contribution >= 4 is 21.6 Å². The SMILES string of the molecule is CCCC1N=C(c2ccccn2)c2cc(F)c(C(F)(F)F)cc2-n2c(Br)nnc21. The van der Waals surface area contributed by atoms with Gasteiger partial charge in [0.2, 0.25) is 4.73 Å². The maximum Gasteiger partial charge on any atom is 0.419 e. The molecule has 1 atom stereocenters. The molecule has 150 valence electrons. The third-order valence-electron chi connectivity index (χ3n) is 4.59. The van der Waals surface area contributed by atoms with Crippen LogP contribution in [0.15, 0.2) is 46.3 Å². The highest BCUT2D eigenvalue weighted by atomic mass is 79.9. The second-order valence-corrected chi connectivity index (χ2v) is 7.22. The predicted octanol–water partition coefficient (Wildman–Crippen LogP) is 5.27. The van der Waals surface area contributed by atoms with Crippen molar-refractivity contribution in [1.82, 2.24) is 19.7 Å². The number of halogens is 5. The smallest absolute Gasteiger partial charge is 0.271 e. The van der Waals surface area contributed by atoms with Crippen LogP contribution in [0, 0.1) is 5.82 Å². The summed E-state index contributed by atoms with van der Waals surface area (Å²) in [7, 11) is 0. The van der Waals surface area contributed by atoms with Crippen molar-refractivity contribution in [3.8, 4) is 5.69 Å². The molecule has 2 aromatic heterocycles. The minimum absolute atomic E-state index is 0.0913. The minimum atomic E-state index is -4.85. The molecule has 29 heavy (non-hydrogen) atoms. The summed E-state index contributed by atoms with van der Waals surface area (Å²) < 4.78 is 56.4. The van der Waals surface area contributed by atoms with Crippen molar-refractivity contribution in [2.24, 2.45) is 4.99 Å². The molecule has 1 aromatic carbocycles. The molecule has 10 heteroatoms. The standard InChI is InChI=1S/C19H14BrF4N5/c1-2-5-14-17-27-28-18(20)29(17)15-9-11(19(22,23)24)12(21)8-10(15)16(26-14)13-6-3-4-7-25-13/h3-4,6-9,14H,2,5H2,1H3. The van der Waals surface area contributed by atoms with Crippen LogP contribution in [0.2, 0.25) is 0 Å². The zero-order valence-corrected chi connectivity index (χ0v) is 16.7. The van der Waals surface area contributed by atoms with Gasteiger partial charge in [-0.05, 0) is 46.6 Å². The fourth-order valence-electron chi connectivity index (χ4n) is 3.33. The number of alkyl halides is 3. The number of hydrogen-bond acceptors (Lipinski definition) is 4. The van der Waals surface area contributed by atoms with E-state index in [1.807, 2.05) is 6.92 Å². The second kappa shape index (κ2) is 7.33. The Hall–Kier alpha value is -2.62. The first-order valence-corrected chi connectivity index (χ1v) is 9.62. The molecule has 0 aliphatic carbocycles. The fourth-order valence-corrected chi connectivity index (χ4v) is 3.78. The lowest BCUT2D eigenvalue weighted by Crippen LogP contribution is -2.15. The van der Waals surface area contributed by atoms with Gasteiger partial charge in [-0.25, -0.2) is 4.39 Å². The molecular formula is C19H14BrF4N5. The molecule has 1 aliphatic rings.